The van der Waals surface area contributed by atoms with Crippen LogP contribution in [0.15, 0.2) is 30.5 Å². The molecule has 0 atom stereocenters. The number of nitrogens with zero attached hydrogens (tertiary/aromatic N) is 1. The molecule has 16 heavy (non-hydrogen) atoms. The van der Waals surface area contributed by atoms with Gasteiger partial charge in [-0.1, -0.05) is 23.8 Å². The van der Waals surface area contributed by atoms with E-state index < -0.39 is 0 Å². The third kappa shape index (κ3) is 1.99. The molecule has 2 rings (SSSR count). The van der Waals surface area contributed by atoms with Gasteiger partial charge in [0.2, 0.25) is 0 Å². The minimum Gasteiger partial charge on any atom is -0.256 e. The van der Waals surface area contributed by atoms with E-state index in [1.807, 2.05) is 6.20 Å². The van der Waals surface area contributed by atoms with Crippen LogP contribution in [0.25, 0.3) is 11.3 Å². The van der Waals surface area contributed by atoms with Gasteiger partial charge < -0.3 is 0 Å². The highest BCUT2D eigenvalue weighted by atomic mass is 14.7. The quantitative estimate of drug-likeness (QED) is 0.695. The van der Waals surface area contributed by atoms with Gasteiger partial charge >= 0.3 is 0 Å². The molecule has 1 heterocycles. The zero-order valence-corrected chi connectivity index (χ0v) is 10.3. The van der Waals surface area contributed by atoms with Crippen molar-refractivity contribution in [3.05, 3.63) is 52.7 Å². The Balaban J connectivity index is 2.54. The molecule has 2 aromatic rings. The first-order valence-corrected chi connectivity index (χ1v) is 5.59. The number of pyridine rings is 1. The lowest BCUT2D eigenvalue weighted by atomic mass is 10.0. The van der Waals surface area contributed by atoms with Gasteiger partial charge in [0.25, 0.3) is 0 Å². The lowest BCUT2D eigenvalue weighted by molar-refractivity contribution is 1.21. The summed E-state index contributed by atoms with van der Waals surface area (Å²) in [5.74, 6) is 0. The van der Waals surface area contributed by atoms with E-state index in [-0.39, 0.29) is 0 Å². The van der Waals surface area contributed by atoms with Crippen molar-refractivity contribution in [1.82, 2.24) is 4.98 Å². The minimum atomic E-state index is 1.07. The van der Waals surface area contributed by atoms with E-state index in [9.17, 15) is 0 Å². The molecule has 0 aliphatic rings. The number of aromatic nitrogens is 1. The van der Waals surface area contributed by atoms with E-state index in [2.05, 4.69) is 56.9 Å². The van der Waals surface area contributed by atoms with Gasteiger partial charge in [-0.3, -0.25) is 4.98 Å². The molecule has 0 N–H and O–H groups in total. The van der Waals surface area contributed by atoms with E-state index >= 15 is 0 Å². The molecule has 0 saturated carbocycles. The summed E-state index contributed by atoms with van der Waals surface area (Å²) in [7, 11) is 0. The summed E-state index contributed by atoms with van der Waals surface area (Å²) in [5.41, 5.74) is 7.42. The zero-order chi connectivity index (χ0) is 11.7. The summed E-state index contributed by atoms with van der Waals surface area (Å²) < 4.78 is 0. The van der Waals surface area contributed by atoms with Gasteiger partial charge in [0.15, 0.2) is 0 Å². The maximum atomic E-state index is 4.50. The molecule has 82 valence electrons. The molecule has 0 aliphatic heterocycles. The van der Waals surface area contributed by atoms with E-state index in [4.69, 9.17) is 0 Å². The van der Waals surface area contributed by atoms with Crippen molar-refractivity contribution in [3.63, 3.8) is 0 Å². The Bertz CT molecular complexity index is 527. The monoisotopic (exact) mass is 211 g/mol. The van der Waals surface area contributed by atoms with Crippen LogP contribution < -0.4 is 0 Å². The standard InChI is InChI=1S/C15H17N/c1-10-5-6-14(12(3)7-10)15-8-11(2)13(4)9-16-15/h5-9H,1-4H3. The third-order valence-electron chi connectivity index (χ3n) is 3.03. The van der Waals surface area contributed by atoms with Crippen LogP contribution in [0.5, 0.6) is 0 Å². The highest BCUT2D eigenvalue weighted by Gasteiger charge is 2.04. The first-order chi connectivity index (χ1) is 7.58. The Morgan fingerprint density at radius 3 is 2.19 bits per heavy atom. The first kappa shape index (κ1) is 10.9. The molecule has 0 spiro atoms. The molecule has 0 fully saturated rings. The molecule has 1 aromatic heterocycles. The smallest absolute Gasteiger partial charge is 0.0707 e. The van der Waals surface area contributed by atoms with Crippen molar-refractivity contribution < 1.29 is 0 Å². The van der Waals surface area contributed by atoms with Crippen LogP contribution in [0.1, 0.15) is 22.3 Å². The SMILES string of the molecule is Cc1ccc(-c2cc(C)c(C)cn2)c(C)c1. The lowest BCUT2D eigenvalue weighted by Gasteiger charge is -2.08. The van der Waals surface area contributed by atoms with Crippen LogP contribution in [0.2, 0.25) is 0 Å². The van der Waals surface area contributed by atoms with Crippen molar-refractivity contribution in [2.75, 3.05) is 0 Å². The fraction of sp³-hybridized carbons (Fsp3) is 0.267. The summed E-state index contributed by atoms with van der Waals surface area (Å²) in [5, 5.41) is 0. The number of benzene rings is 1. The molecule has 0 aliphatic carbocycles. The average Bonchev–Trinajstić information content (AvgIpc) is 2.22. The maximum Gasteiger partial charge on any atom is 0.0707 e. The molecule has 1 aromatic carbocycles. The summed E-state index contributed by atoms with van der Waals surface area (Å²) in [6.45, 7) is 8.47. The van der Waals surface area contributed by atoms with Gasteiger partial charge in [-0.25, -0.2) is 0 Å². The molecule has 0 amide bonds. The van der Waals surface area contributed by atoms with Crippen LogP contribution >= 0.6 is 0 Å². The Kier molecular flexibility index (Phi) is 2.78. The molecule has 0 bridgehead atoms. The highest BCUT2D eigenvalue weighted by molar-refractivity contribution is 5.64. The van der Waals surface area contributed by atoms with Crippen molar-refractivity contribution in [2.24, 2.45) is 0 Å². The number of hydrogen-bond acceptors (Lipinski definition) is 1. The van der Waals surface area contributed by atoms with Crippen LogP contribution in [0, 0.1) is 27.7 Å². The Morgan fingerprint density at radius 1 is 0.812 bits per heavy atom. The van der Waals surface area contributed by atoms with Crippen molar-refractivity contribution >= 4 is 0 Å². The molecule has 1 heteroatoms. The van der Waals surface area contributed by atoms with Crippen LogP contribution in [0.4, 0.5) is 0 Å². The fourth-order valence-electron chi connectivity index (χ4n) is 1.87. The van der Waals surface area contributed by atoms with Gasteiger partial charge in [-0.05, 0) is 50.5 Å². The molecule has 1 nitrogen and oxygen atoms in total. The van der Waals surface area contributed by atoms with Crippen molar-refractivity contribution in [2.45, 2.75) is 27.7 Å². The van der Waals surface area contributed by atoms with Gasteiger partial charge in [0.05, 0.1) is 5.69 Å². The van der Waals surface area contributed by atoms with Crippen LogP contribution in [-0.4, -0.2) is 4.98 Å². The molecule has 0 unspecified atom stereocenters. The second-order valence-corrected chi connectivity index (χ2v) is 4.47. The normalized spacial score (nSPS) is 10.5. The Morgan fingerprint density at radius 2 is 1.56 bits per heavy atom. The van der Waals surface area contributed by atoms with Crippen molar-refractivity contribution in [3.8, 4) is 11.3 Å². The average molecular weight is 211 g/mol. The van der Waals surface area contributed by atoms with Gasteiger partial charge in [-0.15, -0.1) is 0 Å². The lowest BCUT2D eigenvalue weighted by Crippen LogP contribution is -1.91. The maximum absolute atomic E-state index is 4.50. The van der Waals surface area contributed by atoms with Gasteiger partial charge in [0, 0.05) is 11.8 Å². The van der Waals surface area contributed by atoms with Crippen LogP contribution in [0.3, 0.4) is 0 Å². The van der Waals surface area contributed by atoms with E-state index in [0.717, 1.165) is 5.69 Å². The molecular weight excluding hydrogens is 194 g/mol. The number of rotatable bonds is 1. The second kappa shape index (κ2) is 4.09. The largest absolute Gasteiger partial charge is 0.256 e. The Hall–Kier alpha value is -1.63. The molecular formula is C15H17N. The van der Waals surface area contributed by atoms with E-state index in [1.54, 1.807) is 0 Å². The van der Waals surface area contributed by atoms with Gasteiger partial charge in [-0.2, -0.15) is 0 Å². The van der Waals surface area contributed by atoms with Crippen molar-refractivity contribution in [1.29, 1.82) is 0 Å². The topological polar surface area (TPSA) is 12.9 Å². The van der Waals surface area contributed by atoms with Gasteiger partial charge in [0.1, 0.15) is 0 Å². The van der Waals surface area contributed by atoms with Crippen LogP contribution in [-0.2, 0) is 0 Å². The summed E-state index contributed by atoms with van der Waals surface area (Å²) in [4.78, 5) is 4.50. The number of aryl methyl sites for hydroxylation is 4. The first-order valence-electron chi connectivity index (χ1n) is 5.59. The number of hydrogen-bond donors (Lipinski definition) is 0. The highest BCUT2D eigenvalue weighted by Crippen LogP contribution is 2.23. The Labute approximate surface area is 97.2 Å². The van der Waals surface area contributed by atoms with E-state index in [1.165, 1.54) is 27.8 Å². The predicted molar refractivity (Wildman–Crippen MR) is 68.6 cm³/mol. The zero-order valence-electron chi connectivity index (χ0n) is 10.3. The van der Waals surface area contributed by atoms with E-state index in [0.29, 0.717) is 0 Å². The molecule has 0 saturated heterocycles. The fourth-order valence-corrected chi connectivity index (χ4v) is 1.87. The third-order valence-corrected chi connectivity index (χ3v) is 3.03. The summed E-state index contributed by atoms with van der Waals surface area (Å²) >= 11 is 0. The predicted octanol–water partition coefficient (Wildman–Crippen LogP) is 3.98. The summed E-state index contributed by atoms with van der Waals surface area (Å²) in [6, 6.07) is 8.65. The minimum absolute atomic E-state index is 1.07. The second-order valence-electron chi connectivity index (χ2n) is 4.47. The summed E-state index contributed by atoms with van der Waals surface area (Å²) in [6.07, 6.45) is 1.95. The molecule has 0 radical (unpaired) electrons.